The molecule has 1 N–H and O–H groups in total. The second kappa shape index (κ2) is 11.4. The summed E-state index contributed by atoms with van der Waals surface area (Å²) in [6, 6.07) is 12.8. The van der Waals surface area contributed by atoms with Crippen LogP contribution in [0.2, 0.25) is 0 Å². The molecule has 4 rings (SSSR count). The van der Waals surface area contributed by atoms with Crippen LogP contribution < -0.4 is 10.1 Å². The summed E-state index contributed by atoms with van der Waals surface area (Å²) in [5.74, 6) is 0.578. The van der Waals surface area contributed by atoms with Crippen molar-refractivity contribution < 1.29 is 23.6 Å². The highest BCUT2D eigenvalue weighted by Crippen LogP contribution is 2.24. The lowest BCUT2D eigenvalue weighted by Crippen LogP contribution is -2.42. The van der Waals surface area contributed by atoms with Crippen molar-refractivity contribution in [3.8, 4) is 5.75 Å². The van der Waals surface area contributed by atoms with Crippen LogP contribution >= 0.6 is 0 Å². The number of amides is 2. The Kier molecular flexibility index (Phi) is 8.05. The van der Waals surface area contributed by atoms with E-state index < -0.39 is 0 Å². The number of rotatable bonds is 9. The number of aromatic nitrogens is 1. The summed E-state index contributed by atoms with van der Waals surface area (Å²) in [5.41, 5.74) is 4.82. The molecule has 0 unspecified atom stereocenters. The van der Waals surface area contributed by atoms with E-state index in [1.54, 1.807) is 23.1 Å². The van der Waals surface area contributed by atoms with Crippen LogP contribution in [-0.2, 0) is 16.1 Å². The predicted octanol–water partition coefficient (Wildman–Crippen LogP) is 4.75. The molecule has 1 aliphatic rings. The van der Waals surface area contributed by atoms with Crippen molar-refractivity contribution in [2.75, 3.05) is 25.0 Å². The van der Waals surface area contributed by atoms with Crippen LogP contribution in [-0.4, -0.2) is 47.7 Å². The summed E-state index contributed by atoms with van der Waals surface area (Å²) in [7, 11) is 0. The molecule has 2 aromatic carbocycles. The van der Waals surface area contributed by atoms with Crippen LogP contribution in [0.15, 0.2) is 47.0 Å². The number of hydrogen-bond donors (Lipinski definition) is 1. The molecule has 8 heteroatoms. The highest BCUT2D eigenvalue weighted by atomic mass is 16.5. The zero-order chi connectivity index (χ0) is 25.7. The average molecular weight is 492 g/mol. The molecular weight excluding hydrogens is 458 g/mol. The Bertz CT molecular complexity index is 1210. The lowest BCUT2D eigenvalue weighted by Gasteiger charge is -2.26. The van der Waals surface area contributed by atoms with Crippen LogP contribution in [0.1, 0.15) is 51.3 Å². The number of para-hydroxylation sites is 1. The number of benzene rings is 2. The van der Waals surface area contributed by atoms with Gasteiger partial charge in [-0.3, -0.25) is 9.59 Å². The van der Waals surface area contributed by atoms with E-state index in [0.717, 1.165) is 40.9 Å². The second-order valence-electron chi connectivity index (χ2n) is 9.20. The molecule has 190 valence electrons. The maximum absolute atomic E-state index is 13.7. The summed E-state index contributed by atoms with van der Waals surface area (Å²) in [4.78, 5) is 28.3. The number of nitrogens with one attached hydrogen (secondary N) is 1. The Balaban J connectivity index is 1.53. The van der Waals surface area contributed by atoms with Gasteiger partial charge in [0.05, 0.1) is 22.9 Å². The van der Waals surface area contributed by atoms with Crippen molar-refractivity contribution in [2.24, 2.45) is 0 Å². The van der Waals surface area contributed by atoms with E-state index in [1.165, 1.54) is 0 Å². The zero-order valence-corrected chi connectivity index (χ0v) is 21.3. The van der Waals surface area contributed by atoms with Gasteiger partial charge in [-0.15, -0.1) is 0 Å². The molecule has 36 heavy (non-hydrogen) atoms. The molecule has 3 aromatic rings. The van der Waals surface area contributed by atoms with Gasteiger partial charge in [0.25, 0.3) is 5.91 Å². The highest BCUT2D eigenvalue weighted by molar-refractivity contribution is 6.01. The zero-order valence-electron chi connectivity index (χ0n) is 21.3. The average Bonchev–Trinajstić information content (AvgIpc) is 3.49. The minimum atomic E-state index is -0.282. The number of anilines is 1. The standard InChI is InChI=1S/C28H33N3O5/c1-18-9-7-12-25(19(18)2)29-27(32)16-31(15-22-10-8-14-34-22)28(33)23-11-5-6-13-26(23)35-17-24-20(3)30-36-21(24)4/h5-7,9,11-13,22H,8,10,14-17H2,1-4H3,(H,29,32)/t22-/m1/s1. The molecule has 1 aliphatic heterocycles. The van der Waals surface area contributed by atoms with Gasteiger partial charge in [-0.2, -0.15) is 0 Å². The fourth-order valence-corrected chi connectivity index (χ4v) is 4.30. The number of nitrogens with zero attached hydrogens (tertiary/aromatic N) is 2. The van der Waals surface area contributed by atoms with Crippen molar-refractivity contribution in [1.29, 1.82) is 0 Å². The smallest absolute Gasteiger partial charge is 0.258 e. The molecule has 8 nitrogen and oxygen atoms in total. The molecule has 2 heterocycles. The lowest BCUT2D eigenvalue weighted by molar-refractivity contribution is -0.117. The molecule has 0 saturated carbocycles. The minimum Gasteiger partial charge on any atom is -0.488 e. The normalized spacial score (nSPS) is 15.1. The largest absolute Gasteiger partial charge is 0.488 e. The first-order valence-corrected chi connectivity index (χ1v) is 12.2. The van der Waals surface area contributed by atoms with Crippen molar-refractivity contribution in [3.63, 3.8) is 0 Å². The van der Waals surface area contributed by atoms with E-state index in [0.29, 0.717) is 30.2 Å². The molecule has 0 radical (unpaired) electrons. The molecule has 2 amide bonds. The van der Waals surface area contributed by atoms with Gasteiger partial charge in [0.15, 0.2) is 0 Å². The van der Waals surface area contributed by atoms with Gasteiger partial charge in [-0.1, -0.05) is 29.4 Å². The third-order valence-electron chi connectivity index (χ3n) is 6.62. The Morgan fingerprint density at radius 3 is 2.64 bits per heavy atom. The van der Waals surface area contributed by atoms with Gasteiger partial charge in [-0.05, 0) is 69.9 Å². The van der Waals surface area contributed by atoms with Crippen molar-refractivity contribution in [3.05, 3.63) is 76.2 Å². The van der Waals surface area contributed by atoms with Crippen molar-refractivity contribution >= 4 is 17.5 Å². The monoisotopic (exact) mass is 491 g/mol. The van der Waals surface area contributed by atoms with E-state index in [-0.39, 0.29) is 31.1 Å². The lowest BCUT2D eigenvalue weighted by atomic mass is 10.1. The number of carbonyl (C=O) groups excluding carboxylic acids is 2. The molecule has 1 saturated heterocycles. The molecular formula is C28H33N3O5. The fourth-order valence-electron chi connectivity index (χ4n) is 4.30. The van der Waals surface area contributed by atoms with Crippen LogP contribution in [0.5, 0.6) is 5.75 Å². The topological polar surface area (TPSA) is 93.9 Å². The minimum absolute atomic E-state index is 0.0930. The van der Waals surface area contributed by atoms with E-state index in [1.807, 2.05) is 52.0 Å². The van der Waals surface area contributed by atoms with Gasteiger partial charge in [-0.25, -0.2) is 0 Å². The predicted molar refractivity (Wildman–Crippen MR) is 136 cm³/mol. The quantitative estimate of drug-likeness (QED) is 0.464. The first kappa shape index (κ1) is 25.4. The van der Waals surface area contributed by atoms with E-state index in [9.17, 15) is 9.59 Å². The van der Waals surface area contributed by atoms with Crippen LogP contribution in [0.3, 0.4) is 0 Å². The van der Waals surface area contributed by atoms with E-state index in [2.05, 4.69) is 10.5 Å². The summed E-state index contributed by atoms with van der Waals surface area (Å²) < 4.78 is 17.0. The van der Waals surface area contributed by atoms with Crippen LogP contribution in [0.25, 0.3) is 0 Å². The number of hydrogen-bond acceptors (Lipinski definition) is 6. The summed E-state index contributed by atoms with van der Waals surface area (Å²) in [6.07, 6.45) is 1.70. The molecule has 0 aliphatic carbocycles. The van der Waals surface area contributed by atoms with Crippen LogP contribution in [0.4, 0.5) is 5.69 Å². The Hall–Kier alpha value is -3.65. The third kappa shape index (κ3) is 5.94. The first-order valence-electron chi connectivity index (χ1n) is 12.2. The number of aryl methyl sites for hydroxylation is 3. The van der Waals surface area contributed by atoms with Gasteiger partial charge < -0.3 is 24.2 Å². The van der Waals surface area contributed by atoms with Crippen molar-refractivity contribution in [1.82, 2.24) is 10.1 Å². The van der Waals surface area contributed by atoms with E-state index in [4.69, 9.17) is 14.0 Å². The molecule has 1 atom stereocenters. The summed E-state index contributed by atoms with van der Waals surface area (Å²) in [6.45, 7) is 8.77. The van der Waals surface area contributed by atoms with Crippen molar-refractivity contribution in [2.45, 2.75) is 53.2 Å². The summed E-state index contributed by atoms with van der Waals surface area (Å²) >= 11 is 0. The fraction of sp³-hybridized carbons (Fsp3) is 0.393. The molecule has 1 fully saturated rings. The Labute approximate surface area is 211 Å². The maximum atomic E-state index is 13.7. The van der Waals surface area contributed by atoms with Crippen LogP contribution in [0, 0.1) is 27.7 Å². The van der Waals surface area contributed by atoms with Gasteiger partial charge in [0.2, 0.25) is 5.91 Å². The Morgan fingerprint density at radius 1 is 1.11 bits per heavy atom. The Morgan fingerprint density at radius 2 is 1.92 bits per heavy atom. The van der Waals surface area contributed by atoms with Gasteiger partial charge >= 0.3 is 0 Å². The van der Waals surface area contributed by atoms with E-state index >= 15 is 0 Å². The maximum Gasteiger partial charge on any atom is 0.258 e. The SMILES string of the molecule is Cc1cccc(NC(=O)CN(C[C@H]2CCCO2)C(=O)c2ccccc2OCc2c(C)noc2C)c1C. The summed E-state index contributed by atoms with van der Waals surface area (Å²) in [5, 5.41) is 6.92. The van der Waals surface area contributed by atoms with Gasteiger partial charge in [0.1, 0.15) is 24.7 Å². The molecule has 0 spiro atoms. The number of ether oxygens (including phenoxy) is 2. The van der Waals surface area contributed by atoms with Gasteiger partial charge in [0, 0.05) is 18.8 Å². The molecule has 1 aromatic heterocycles. The first-order chi connectivity index (χ1) is 17.3. The third-order valence-corrected chi connectivity index (χ3v) is 6.62. The highest BCUT2D eigenvalue weighted by Gasteiger charge is 2.27. The number of carbonyl (C=O) groups is 2. The molecule has 0 bridgehead atoms. The second-order valence-corrected chi connectivity index (χ2v) is 9.20.